The van der Waals surface area contributed by atoms with Crippen LogP contribution in [0, 0.1) is 0 Å². The smallest absolute Gasteiger partial charge is 0.299 e. The highest BCUT2D eigenvalue weighted by molar-refractivity contribution is 5.24. The van der Waals surface area contributed by atoms with Crippen molar-refractivity contribution in [3.63, 3.8) is 0 Å². The first-order chi connectivity index (χ1) is 8.29. The average Bonchev–Trinajstić information content (AvgIpc) is 2.79. The molecule has 4 heteroatoms. The number of aromatic amines is 1. The number of hydrogen-bond acceptors (Lipinski definition) is 3. The van der Waals surface area contributed by atoms with E-state index in [9.17, 15) is 0 Å². The van der Waals surface area contributed by atoms with Crippen molar-refractivity contribution in [1.29, 1.82) is 0 Å². The Hall–Kier alpha value is -1.81. The van der Waals surface area contributed by atoms with Crippen LogP contribution in [-0.4, -0.2) is 9.97 Å². The molecule has 1 aromatic carbocycles. The fourth-order valence-corrected chi connectivity index (χ4v) is 1.62. The van der Waals surface area contributed by atoms with Crippen LogP contribution in [0.1, 0.15) is 31.5 Å². The molecule has 0 saturated heterocycles. The molecule has 4 nitrogen and oxygen atoms in total. The minimum absolute atomic E-state index is 0.000577. The van der Waals surface area contributed by atoms with Gasteiger partial charge in [0.05, 0.1) is 11.9 Å². The Bertz CT molecular complexity index is 453. The molecule has 0 aliphatic carbocycles. The maximum atomic E-state index is 5.99. The van der Waals surface area contributed by atoms with E-state index in [2.05, 4.69) is 16.9 Å². The second kappa shape index (κ2) is 5.50. The minimum Gasteiger partial charge on any atom is -0.426 e. The summed E-state index contributed by atoms with van der Waals surface area (Å²) in [6.07, 6.45) is 3.72. The quantitative estimate of drug-likeness (QED) is 0.831. The van der Waals surface area contributed by atoms with Crippen LogP contribution in [0.3, 0.4) is 0 Å². The van der Waals surface area contributed by atoms with Gasteiger partial charge in [-0.15, -0.1) is 0 Å². The summed E-state index contributed by atoms with van der Waals surface area (Å²) in [7, 11) is 0. The lowest BCUT2D eigenvalue weighted by Crippen LogP contribution is -2.09. The second-order valence-electron chi connectivity index (χ2n) is 3.95. The fourth-order valence-electron chi connectivity index (χ4n) is 1.62. The molecule has 0 spiro atoms. The van der Waals surface area contributed by atoms with Crippen LogP contribution in [0.4, 0.5) is 0 Å². The Labute approximate surface area is 101 Å². The number of imidazole rings is 1. The number of aromatic nitrogens is 2. The molecule has 2 aromatic rings. The van der Waals surface area contributed by atoms with Gasteiger partial charge >= 0.3 is 0 Å². The van der Waals surface area contributed by atoms with Crippen LogP contribution in [0.15, 0.2) is 36.5 Å². The molecule has 0 fully saturated rings. The zero-order chi connectivity index (χ0) is 12.1. The highest BCUT2D eigenvalue weighted by Crippen LogP contribution is 2.20. The number of nitrogens with two attached hydrogens (primary N) is 1. The number of nitrogens with one attached hydrogen (secondary N) is 1. The Morgan fingerprint density at radius 3 is 2.82 bits per heavy atom. The first-order valence-corrected chi connectivity index (χ1v) is 5.83. The van der Waals surface area contributed by atoms with Crippen LogP contribution in [0.25, 0.3) is 0 Å². The fraction of sp³-hybridized carbons (Fsp3) is 0.308. The van der Waals surface area contributed by atoms with Gasteiger partial charge in [-0.1, -0.05) is 31.5 Å². The molecule has 0 aliphatic rings. The predicted octanol–water partition coefficient (Wildman–Crippen LogP) is 3.00. The minimum atomic E-state index is 0.000577. The first kappa shape index (κ1) is 11.7. The molecule has 0 saturated carbocycles. The summed E-state index contributed by atoms with van der Waals surface area (Å²) in [5, 5.41) is 0. The molecule has 0 radical (unpaired) electrons. The monoisotopic (exact) mass is 231 g/mol. The van der Waals surface area contributed by atoms with E-state index in [0.29, 0.717) is 6.01 Å². The van der Waals surface area contributed by atoms with Gasteiger partial charge in [-0.3, -0.25) is 0 Å². The van der Waals surface area contributed by atoms with Gasteiger partial charge < -0.3 is 15.5 Å². The summed E-state index contributed by atoms with van der Waals surface area (Å²) in [5.74, 6) is 0.762. The number of rotatable bonds is 5. The van der Waals surface area contributed by atoms with Crippen molar-refractivity contribution in [1.82, 2.24) is 9.97 Å². The summed E-state index contributed by atoms with van der Waals surface area (Å²) in [6, 6.07) is 10.0. The van der Waals surface area contributed by atoms with Crippen molar-refractivity contribution in [2.75, 3.05) is 0 Å². The third kappa shape index (κ3) is 3.07. The van der Waals surface area contributed by atoms with Crippen LogP contribution in [-0.2, 0) is 0 Å². The zero-order valence-electron chi connectivity index (χ0n) is 9.89. The molecule has 1 aromatic heterocycles. The Morgan fingerprint density at radius 1 is 1.35 bits per heavy atom. The van der Waals surface area contributed by atoms with E-state index < -0.39 is 0 Å². The first-order valence-electron chi connectivity index (χ1n) is 5.83. The third-order valence-corrected chi connectivity index (χ3v) is 2.53. The van der Waals surface area contributed by atoms with Gasteiger partial charge in [0.25, 0.3) is 6.01 Å². The predicted molar refractivity (Wildman–Crippen MR) is 66.9 cm³/mol. The summed E-state index contributed by atoms with van der Waals surface area (Å²) in [6.45, 7) is 2.11. The van der Waals surface area contributed by atoms with Gasteiger partial charge in [-0.25, -0.2) is 4.98 Å². The van der Waals surface area contributed by atoms with Crippen LogP contribution >= 0.6 is 0 Å². The highest BCUT2D eigenvalue weighted by Gasteiger charge is 2.09. The summed E-state index contributed by atoms with van der Waals surface area (Å²) in [4.78, 5) is 7.24. The normalized spacial score (nSPS) is 12.4. The van der Waals surface area contributed by atoms with Gasteiger partial charge in [-0.2, -0.15) is 0 Å². The number of ether oxygens (including phenoxy) is 1. The number of hydrogen-bond donors (Lipinski definition) is 2. The standard InChI is InChI=1S/C13H17N3O/c1-2-6-11(14)12-9-15-13(16-12)17-10-7-4-3-5-8-10/h3-5,7-9,11H,2,6,14H2,1H3,(H,15,16). The third-order valence-electron chi connectivity index (χ3n) is 2.53. The molecule has 0 amide bonds. The van der Waals surface area contributed by atoms with E-state index in [1.807, 2.05) is 30.3 Å². The van der Waals surface area contributed by atoms with E-state index >= 15 is 0 Å². The molecule has 2 rings (SSSR count). The lowest BCUT2D eigenvalue weighted by atomic mass is 10.1. The molecular weight excluding hydrogens is 214 g/mol. The van der Waals surface area contributed by atoms with Crippen molar-refractivity contribution >= 4 is 0 Å². The molecule has 0 bridgehead atoms. The van der Waals surface area contributed by atoms with Crippen LogP contribution < -0.4 is 10.5 Å². The Morgan fingerprint density at radius 2 is 2.12 bits per heavy atom. The maximum Gasteiger partial charge on any atom is 0.299 e. The largest absolute Gasteiger partial charge is 0.426 e. The second-order valence-corrected chi connectivity index (χ2v) is 3.95. The number of H-pyrrole nitrogens is 1. The maximum absolute atomic E-state index is 5.99. The van der Waals surface area contributed by atoms with E-state index in [1.54, 1.807) is 6.20 Å². The molecule has 1 atom stereocenters. The van der Waals surface area contributed by atoms with Crippen LogP contribution in [0.5, 0.6) is 11.8 Å². The van der Waals surface area contributed by atoms with Crippen molar-refractivity contribution in [3.8, 4) is 11.8 Å². The van der Waals surface area contributed by atoms with Gasteiger partial charge in [-0.05, 0) is 18.6 Å². The Balaban J connectivity index is 2.04. The summed E-state index contributed by atoms with van der Waals surface area (Å²) >= 11 is 0. The summed E-state index contributed by atoms with van der Waals surface area (Å²) in [5.41, 5.74) is 6.90. The van der Waals surface area contributed by atoms with Gasteiger partial charge in [0, 0.05) is 6.04 Å². The molecule has 1 heterocycles. The zero-order valence-corrected chi connectivity index (χ0v) is 9.89. The van der Waals surface area contributed by atoms with E-state index in [-0.39, 0.29) is 6.04 Å². The van der Waals surface area contributed by atoms with Crippen molar-refractivity contribution in [3.05, 3.63) is 42.2 Å². The SMILES string of the molecule is CCCC(N)c1cnc(Oc2ccccc2)[nH]1. The molecule has 3 N–H and O–H groups in total. The lowest BCUT2D eigenvalue weighted by Gasteiger charge is -2.06. The number of nitrogens with zero attached hydrogens (tertiary/aromatic N) is 1. The highest BCUT2D eigenvalue weighted by atomic mass is 16.5. The number of benzene rings is 1. The van der Waals surface area contributed by atoms with Gasteiger partial charge in [0.15, 0.2) is 0 Å². The van der Waals surface area contributed by atoms with E-state index in [0.717, 1.165) is 24.3 Å². The topological polar surface area (TPSA) is 63.9 Å². The van der Waals surface area contributed by atoms with Gasteiger partial charge in [0.1, 0.15) is 5.75 Å². The van der Waals surface area contributed by atoms with Crippen molar-refractivity contribution < 1.29 is 4.74 Å². The molecule has 0 aliphatic heterocycles. The number of para-hydroxylation sites is 1. The molecule has 17 heavy (non-hydrogen) atoms. The lowest BCUT2D eigenvalue weighted by molar-refractivity contribution is 0.445. The van der Waals surface area contributed by atoms with Crippen molar-refractivity contribution in [2.45, 2.75) is 25.8 Å². The van der Waals surface area contributed by atoms with Crippen LogP contribution in [0.2, 0.25) is 0 Å². The average molecular weight is 231 g/mol. The van der Waals surface area contributed by atoms with Crippen molar-refractivity contribution in [2.24, 2.45) is 5.73 Å². The van der Waals surface area contributed by atoms with E-state index in [1.165, 1.54) is 0 Å². The Kier molecular flexibility index (Phi) is 3.77. The summed E-state index contributed by atoms with van der Waals surface area (Å²) < 4.78 is 5.57. The molecular formula is C13H17N3O. The molecule has 90 valence electrons. The van der Waals surface area contributed by atoms with E-state index in [4.69, 9.17) is 10.5 Å². The molecule has 1 unspecified atom stereocenters. The van der Waals surface area contributed by atoms with Gasteiger partial charge in [0.2, 0.25) is 0 Å².